The third-order valence-corrected chi connectivity index (χ3v) is 1.81. The largest absolute Gasteiger partial charge is 0.351 e. The zero-order valence-electron chi connectivity index (χ0n) is 8.27. The van der Waals surface area contributed by atoms with Gasteiger partial charge < -0.3 is 4.98 Å². The van der Waals surface area contributed by atoms with Gasteiger partial charge in [0.1, 0.15) is 0 Å². The van der Waals surface area contributed by atoms with Crippen molar-refractivity contribution in [1.29, 1.82) is 0 Å². The number of rotatable bonds is 1. The molecule has 0 fully saturated rings. The van der Waals surface area contributed by atoms with Gasteiger partial charge in [0.25, 0.3) is 0 Å². The highest BCUT2D eigenvalue weighted by atomic mass is 14.8. The summed E-state index contributed by atoms with van der Waals surface area (Å²) in [6, 6.07) is 8.19. The van der Waals surface area contributed by atoms with Gasteiger partial charge in [-0.15, -0.1) is 0 Å². The number of hydrogen-bond donors (Lipinski definition) is 1. The van der Waals surface area contributed by atoms with Crippen LogP contribution in [0.3, 0.4) is 0 Å². The summed E-state index contributed by atoms with van der Waals surface area (Å²) in [6.45, 7) is 5.77. The predicted octanol–water partition coefficient (Wildman–Crippen LogP) is 3.05. The fraction of sp³-hybridized carbons (Fsp3) is 0.0833. The van der Waals surface area contributed by atoms with Crippen LogP contribution in [0.5, 0.6) is 0 Å². The van der Waals surface area contributed by atoms with E-state index in [0.29, 0.717) is 0 Å². The van der Waals surface area contributed by atoms with E-state index in [0.717, 1.165) is 0 Å². The Morgan fingerprint density at radius 2 is 2.14 bits per heavy atom. The second kappa shape index (κ2) is 5.75. The van der Waals surface area contributed by atoms with Gasteiger partial charge in [-0.2, -0.15) is 0 Å². The zero-order valence-corrected chi connectivity index (χ0v) is 8.27. The van der Waals surface area contributed by atoms with Crippen molar-refractivity contribution in [2.45, 2.75) is 6.92 Å². The van der Waals surface area contributed by atoms with E-state index in [-0.39, 0.29) is 0 Å². The molecule has 2 nitrogen and oxygen atoms in total. The van der Waals surface area contributed by atoms with E-state index in [1.54, 1.807) is 18.7 Å². The quantitative estimate of drug-likeness (QED) is 0.728. The molecule has 0 radical (unpaired) electrons. The molecule has 0 amide bonds. The Morgan fingerprint density at radius 3 is 2.50 bits per heavy atom. The van der Waals surface area contributed by atoms with Crippen molar-refractivity contribution in [1.82, 2.24) is 9.97 Å². The first-order chi connectivity index (χ1) is 6.84. The molecule has 0 unspecified atom stereocenters. The molecule has 1 aromatic carbocycles. The van der Waals surface area contributed by atoms with Crippen molar-refractivity contribution in [3.05, 3.63) is 60.7 Å². The highest BCUT2D eigenvalue weighted by Gasteiger charge is 1.86. The standard InChI is InChI=1S/C9H10.C3H4N2/c1-3-9-7-5-4-6-8(9)2;1-2-5-3-4-1/h3-7H,1H2,2H3;1-3H,(H,4,5). The summed E-state index contributed by atoms with van der Waals surface area (Å²) < 4.78 is 0. The van der Waals surface area contributed by atoms with Crippen molar-refractivity contribution in [3.63, 3.8) is 0 Å². The number of imidazole rings is 1. The van der Waals surface area contributed by atoms with Crippen LogP contribution in [0.15, 0.2) is 49.6 Å². The molecule has 2 heteroatoms. The maximum Gasteiger partial charge on any atom is 0.0919 e. The molecule has 2 rings (SSSR count). The van der Waals surface area contributed by atoms with Crippen LogP contribution in [0.4, 0.5) is 0 Å². The first-order valence-corrected chi connectivity index (χ1v) is 4.45. The van der Waals surface area contributed by atoms with E-state index in [4.69, 9.17) is 0 Å². The molecule has 1 N–H and O–H groups in total. The van der Waals surface area contributed by atoms with Gasteiger partial charge >= 0.3 is 0 Å². The molecule has 0 spiro atoms. The minimum absolute atomic E-state index is 1.22. The number of nitrogens with one attached hydrogen (secondary N) is 1. The molecule has 0 aliphatic rings. The van der Waals surface area contributed by atoms with Crippen molar-refractivity contribution in [2.24, 2.45) is 0 Å². The molecule has 0 aliphatic carbocycles. The van der Waals surface area contributed by atoms with Gasteiger partial charge in [-0.05, 0) is 18.1 Å². The average Bonchev–Trinajstić information content (AvgIpc) is 2.76. The van der Waals surface area contributed by atoms with Crippen LogP contribution < -0.4 is 0 Å². The van der Waals surface area contributed by atoms with Crippen LogP contribution >= 0.6 is 0 Å². The van der Waals surface area contributed by atoms with Gasteiger partial charge in [-0.1, -0.05) is 36.9 Å². The van der Waals surface area contributed by atoms with Crippen LogP contribution in [-0.2, 0) is 0 Å². The van der Waals surface area contributed by atoms with Crippen molar-refractivity contribution in [3.8, 4) is 0 Å². The van der Waals surface area contributed by atoms with Crippen molar-refractivity contribution < 1.29 is 0 Å². The Balaban J connectivity index is 0.000000165. The van der Waals surface area contributed by atoms with Crippen LogP contribution in [0.25, 0.3) is 6.08 Å². The summed E-state index contributed by atoms with van der Waals surface area (Å²) in [5.74, 6) is 0. The monoisotopic (exact) mass is 186 g/mol. The summed E-state index contributed by atoms with van der Waals surface area (Å²) in [5, 5.41) is 0. The van der Waals surface area contributed by atoms with Crippen LogP contribution in [-0.4, -0.2) is 9.97 Å². The lowest BCUT2D eigenvalue weighted by Crippen LogP contribution is -1.75. The number of aromatic nitrogens is 2. The first kappa shape index (κ1) is 10.3. The Bertz CT molecular complexity index is 346. The first-order valence-electron chi connectivity index (χ1n) is 4.45. The molecule has 0 saturated heterocycles. The third-order valence-electron chi connectivity index (χ3n) is 1.81. The maximum absolute atomic E-state index is 3.69. The summed E-state index contributed by atoms with van der Waals surface area (Å²) in [5.41, 5.74) is 2.50. The molecule has 2 aromatic rings. The molecule has 1 heterocycles. The molecule has 14 heavy (non-hydrogen) atoms. The lowest BCUT2D eigenvalue weighted by molar-refractivity contribution is 1.31. The highest BCUT2D eigenvalue weighted by molar-refractivity contribution is 5.50. The predicted molar refractivity (Wildman–Crippen MR) is 59.9 cm³/mol. The third kappa shape index (κ3) is 3.27. The Hall–Kier alpha value is -1.83. The molecule has 0 bridgehead atoms. The van der Waals surface area contributed by atoms with Crippen LogP contribution in [0.2, 0.25) is 0 Å². The fourth-order valence-corrected chi connectivity index (χ4v) is 1.03. The van der Waals surface area contributed by atoms with Gasteiger partial charge in [0.05, 0.1) is 6.33 Å². The Morgan fingerprint density at radius 1 is 1.36 bits per heavy atom. The zero-order chi connectivity index (χ0) is 10.2. The van der Waals surface area contributed by atoms with Crippen molar-refractivity contribution >= 4 is 6.08 Å². The maximum atomic E-state index is 3.69. The Kier molecular flexibility index (Phi) is 4.21. The minimum atomic E-state index is 1.22. The topological polar surface area (TPSA) is 28.7 Å². The van der Waals surface area contributed by atoms with Gasteiger partial charge in [-0.25, -0.2) is 4.98 Å². The summed E-state index contributed by atoms with van der Waals surface area (Å²) >= 11 is 0. The number of H-pyrrole nitrogens is 1. The molecule has 0 saturated carbocycles. The number of aryl methyl sites for hydroxylation is 1. The van der Waals surface area contributed by atoms with Crippen LogP contribution in [0, 0.1) is 6.92 Å². The number of nitrogens with zero attached hydrogens (tertiary/aromatic N) is 1. The summed E-state index contributed by atoms with van der Waals surface area (Å²) in [4.78, 5) is 6.42. The second-order valence-electron chi connectivity index (χ2n) is 2.82. The summed E-state index contributed by atoms with van der Waals surface area (Å²) in [7, 11) is 0. The number of benzene rings is 1. The molecule has 0 aliphatic heterocycles. The Labute approximate surface area is 84.3 Å². The molecule has 0 atom stereocenters. The van der Waals surface area contributed by atoms with E-state index in [1.165, 1.54) is 11.1 Å². The highest BCUT2D eigenvalue weighted by Crippen LogP contribution is 2.06. The smallest absolute Gasteiger partial charge is 0.0919 e. The van der Waals surface area contributed by atoms with Gasteiger partial charge in [0.2, 0.25) is 0 Å². The van der Waals surface area contributed by atoms with E-state index in [9.17, 15) is 0 Å². The fourth-order valence-electron chi connectivity index (χ4n) is 1.03. The SMILES string of the molecule is C=Cc1ccccc1C.c1c[nH]cn1. The lowest BCUT2D eigenvalue weighted by Gasteiger charge is -1.95. The van der Waals surface area contributed by atoms with E-state index in [2.05, 4.69) is 35.6 Å². The molecular formula is C12H14N2. The second-order valence-corrected chi connectivity index (χ2v) is 2.82. The van der Waals surface area contributed by atoms with E-state index in [1.807, 2.05) is 18.2 Å². The number of hydrogen-bond acceptors (Lipinski definition) is 1. The summed E-state index contributed by atoms with van der Waals surface area (Å²) in [6.07, 6.45) is 6.95. The minimum Gasteiger partial charge on any atom is -0.351 e. The van der Waals surface area contributed by atoms with Gasteiger partial charge in [0.15, 0.2) is 0 Å². The molecule has 72 valence electrons. The lowest BCUT2D eigenvalue weighted by atomic mass is 10.1. The van der Waals surface area contributed by atoms with E-state index >= 15 is 0 Å². The number of aromatic amines is 1. The molecular weight excluding hydrogens is 172 g/mol. The van der Waals surface area contributed by atoms with Gasteiger partial charge in [-0.3, -0.25) is 0 Å². The normalized spacial score (nSPS) is 8.64. The van der Waals surface area contributed by atoms with Crippen LogP contribution in [0.1, 0.15) is 11.1 Å². The van der Waals surface area contributed by atoms with Crippen molar-refractivity contribution in [2.75, 3.05) is 0 Å². The van der Waals surface area contributed by atoms with Gasteiger partial charge in [0, 0.05) is 12.4 Å². The van der Waals surface area contributed by atoms with E-state index < -0.39 is 0 Å². The molecule has 1 aromatic heterocycles. The average molecular weight is 186 g/mol.